The zero-order chi connectivity index (χ0) is 17.8. The lowest BCUT2D eigenvalue weighted by molar-refractivity contribution is -0.137. The molecule has 0 fully saturated rings. The third kappa shape index (κ3) is 4.22. The van der Waals surface area contributed by atoms with Crippen LogP contribution < -0.4 is 10.1 Å². The molecule has 1 unspecified atom stereocenters. The summed E-state index contributed by atoms with van der Waals surface area (Å²) < 4.78 is 32.7. The van der Waals surface area contributed by atoms with E-state index in [-0.39, 0.29) is 12.0 Å². The molecule has 1 atom stereocenters. The minimum absolute atomic E-state index is 0.126. The molecule has 1 heterocycles. The van der Waals surface area contributed by atoms with Crippen LogP contribution in [0.5, 0.6) is 5.75 Å². The number of nitrogens with one attached hydrogen (secondary N) is 1. The van der Waals surface area contributed by atoms with Crippen molar-refractivity contribution in [3.63, 3.8) is 0 Å². The molecule has 0 aromatic heterocycles. The Morgan fingerprint density at radius 1 is 1.24 bits per heavy atom. The number of aliphatic carboxylic acids is 1. The van der Waals surface area contributed by atoms with Crippen LogP contribution in [0.25, 0.3) is 6.08 Å². The van der Waals surface area contributed by atoms with Crippen LogP contribution >= 0.6 is 0 Å². The molecule has 0 bridgehead atoms. The number of hydrogen-bond acceptors (Lipinski definition) is 3. The van der Waals surface area contributed by atoms with Gasteiger partial charge in [-0.15, -0.1) is 0 Å². The zero-order valence-corrected chi connectivity index (χ0v) is 13.3. The zero-order valence-electron chi connectivity index (χ0n) is 13.3. The fourth-order valence-electron chi connectivity index (χ4n) is 2.77. The second kappa shape index (κ2) is 7.44. The van der Waals surface area contributed by atoms with Crippen molar-refractivity contribution in [2.24, 2.45) is 0 Å². The van der Waals surface area contributed by atoms with E-state index in [1.165, 1.54) is 6.07 Å². The molecule has 2 N–H and O–H groups in total. The summed E-state index contributed by atoms with van der Waals surface area (Å²) in [5.74, 6) is -1.74. The molecule has 6 heteroatoms. The van der Waals surface area contributed by atoms with Gasteiger partial charge in [-0.3, -0.25) is 4.79 Å². The van der Waals surface area contributed by atoms with Crippen molar-refractivity contribution in [1.29, 1.82) is 0 Å². The lowest BCUT2D eigenvalue weighted by atomic mass is 10.0. The van der Waals surface area contributed by atoms with Crippen molar-refractivity contribution in [1.82, 2.24) is 5.32 Å². The number of ether oxygens (including phenoxy) is 1. The molecule has 0 saturated heterocycles. The van der Waals surface area contributed by atoms with Gasteiger partial charge in [-0.25, -0.2) is 8.78 Å². The van der Waals surface area contributed by atoms with E-state index in [1.807, 2.05) is 30.3 Å². The van der Waals surface area contributed by atoms with E-state index >= 15 is 0 Å². The van der Waals surface area contributed by atoms with E-state index in [1.54, 1.807) is 0 Å². The average molecular weight is 345 g/mol. The van der Waals surface area contributed by atoms with Crippen molar-refractivity contribution in [3.8, 4) is 5.75 Å². The maximum absolute atomic E-state index is 14.0. The first kappa shape index (κ1) is 17.1. The molecule has 4 nitrogen and oxygen atoms in total. The van der Waals surface area contributed by atoms with Crippen LogP contribution in [-0.2, 0) is 4.79 Å². The highest BCUT2D eigenvalue weighted by Crippen LogP contribution is 2.26. The van der Waals surface area contributed by atoms with Gasteiger partial charge in [0.2, 0.25) is 0 Å². The van der Waals surface area contributed by atoms with Crippen LogP contribution in [0.2, 0.25) is 0 Å². The molecule has 0 amide bonds. The molecule has 0 radical (unpaired) electrons. The van der Waals surface area contributed by atoms with Gasteiger partial charge in [0.25, 0.3) is 0 Å². The molecular formula is C19H17F2NO3. The van der Waals surface area contributed by atoms with Crippen molar-refractivity contribution in [3.05, 3.63) is 70.8 Å². The molecule has 0 spiro atoms. The third-order valence-corrected chi connectivity index (χ3v) is 3.98. The Morgan fingerprint density at radius 3 is 2.80 bits per heavy atom. The minimum atomic E-state index is -1.07. The fraction of sp³-hybridized carbons (Fsp3) is 0.211. The predicted molar refractivity (Wildman–Crippen MR) is 89.3 cm³/mol. The molecular weight excluding hydrogens is 328 g/mol. The first-order valence-corrected chi connectivity index (χ1v) is 7.84. The highest BCUT2D eigenvalue weighted by atomic mass is 19.1. The Morgan fingerprint density at radius 2 is 2.04 bits per heavy atom. The SMILES string of the molecule is O=C(O)CC(NCC1=Cc2ccccc2OC1)c1ccc(F)cc1F. The highest BCUT2D eigenvalue weighted by molar-refractivity contribution is 5.68. The Hall–Kier alpha value is -2.73. The van der Waals surface area contributed by atoms with Crippen LogP contribution in [-0.4, -0.2) is 24.2 Å². The van der Waals surface area contributed by atoms with Crippen LogP contribution in [0.4, 0.5) is 8.78 Å². The number of rotatable bonds is 6. The molecule has 0 aliphatic carbocycles. The number of fused-ring (bicyclic) bond motifs is 1. The lowest BCUT2D eigenvalue weighted by Gasteiger charge is -2.22. The lowest BCUT2D eigenvalue weighted by Crippen LogP contribution is -2.28. The van der Waals surface area contributed by atoms with E-state index in [0.29, 0.717) is 13.2 Å². The van der Waals surface area contributed by atoms with E-state index in [4.69, 9.17) is 9.84 Å². The van der Waals surface area contributed by atoms with Gasteiger partial charge in [0.1, 0.15) is 24.0 Å². The van der Waals surface area contributed by atoms with E-state index < -0.39 is 23.6 Å². The van der Waals surface area contributed by atoms with Gasteiger partial charge in [0.05, 0.1) is 6.42 Å². The van der Waals surface area contributed by atoms with Crippen LogP contribution in [0, 0.1) is 11.6 Å². The second-order valence-electron chi connectivity index (χ2n) is 5.83. The van der Waals surface area contributed by atoms with Crippen molar-refractivity contribution < 1.29 is 23.4 Å². The molecule has 0 saturated carbocycles. The van der Waals surface area contributed by atoms with E-state index in [0.717, 1.165) is 29.0 Å². The van der Waals surface area contributed by atoms with Gasteiger partial charge in [-0.1, -0.05) is 24.3 Å². The van der Waals surface area contributed by atoms with Gasteiger partial charge in [0.15, 0.2) is 0 Å². The Bertz CT molecular complexity index is 820. The first-order valence-electron chi connectivity index (χ1n) is 7.84. The van der Waals surface area contributed by atoms with Gasteiger partial charge in [0, 0.05) is 29.8 Å². The summed E-state index contributed by atoms with van der Waals surface area (Å²) in [7, 11) is 0. The molecule has 1 aliphatic heterocycles. The van der Waals surface area contributed by atoms with Crippen molar-refractivity contribution >= 4 is 12.0 Å². The summed E-state index contributed by atoms with van der Waals surface area (Å²) in [6, 6.07) is 9.95. The van der Waals surface area contributed by atoms with Gasteiger partial charge in [-0.05, 0) is 23.8 Å². The summed E-state index contributed by atoms with van der Waals surface area (Å²) in [6.45, 7) is 0.707. The van der Waals surface area contributed by atoms with Crippen molar-refractivity contribution in [2.75, 3.05) is 13.2 Å². The van der Waals surface area contributed by atoms with Crippen LogP contribution in [0.3, 0.4) is 0 Å². The molecule has 1 aliphatic rings. The number of halogens is 2. The van der Waals surface area contributed by atoms with Gasteiger partial charge >= 0.3 is 5.97 Å². The van der Waals surface area contributed by atoms with E-state index in [2.05, 4.69) is 5.32 Å². The Labute approximate surface area is 143 Å². The monoisotopic (exact) mass is 345 g/mol. The largest absolute Gasteiger partial charge is 0.489 e. The quantitative estimate of drug-likeness (QED) is 0.841. The summed E-state index contributed by atoms with van der Waals surface area (Å²) in [4.78, 5) is 11.1. The Balaban J connectivity index is 1.75. The first-order chi connectivity index (χ1) is 12.0. The molecule has 25 heavy (non-hydrogen) atoms. The standard InChI is InChI=1S/C19H17F2NO3/c20-14-5-6-15(16(21)8-14)17(9-19(23)24)22-10-12-7-13-3-1-2-4-18(13)25-11-12/h1-8,17,22H,9-11H2,(H,23,24). The molecule has 130 valence electrons. The fourth-order valence-corrected chi connectivity index (χ4v) is 2.77. The maximum atomic E-state index is 14.0. The maximum Gasteiger partial charge on any atom is 0.305 e. The average Bonchev–Trinajstić information content (AvgIpc) is 2.58. The minimum Gasteiger partial charge on any atom is -0.489 e. The molecule has 2 aromatic carbocycles. The smallest absolute Gasteiger partial charge is 0.305 e. The Kier molecular flexibility index (Phi) is 5.09. The van der Waals surface area contributed by atoms with Crippen molar-refractivity contribution in [2.45, 2.75) is 12.5 Å². The predicted octanol–water partition coefficient (Wildman–Crippen LogP) is 3.55. The van der Waals surface area contributed by atoms with Gasteiger partial charge < -0.3 is 15.2 Å². The number of carbonyl (C=O) groups is 1. The van der Waals surface area contributed by atoms with Crippen LogP contribution in [0.15, 0.2) is 48.0 Å². The number of carboxylic acids is 1. The highest BCUT2D eigenvalue weighted by Gasteiger charge is 2.20. The molecule has 3 rings (SSSR count). The third-order valence-electron chi connectivity index (χ3n) is 3.98. The molecule has 2 aromatic rings. The summed E-state index contributed by atoms with van der Waals surface area (Å²) in [6.07, 6.45) is 1.65. The topological polar surface area (TPSA) is 58.6 Å². The van der Waals surface area contributed by atoms with Gasteiger partial charge in [-0.2, -0.15) is 0 Å². The number of para-hydroxylation sites is 1. The number of benzene rings is 2. The summed E-state index contributed by atoms with van der Waals surface area (Å²) in [5.41, 5.74) is 1.98. The summed E-state index contributed by atoms with van der Waals surface area (Å²) >= 11 is 0. The number of carboxylic acid groups (broad SMARTS) is 1. The van der Waals surface area contributed by atoms with E-state index in [9.17, 15) is 13.6 Å². The summed E-state index contributed by atoms with van der Waals surface area (Å²) in [5, 5.41) is 12.1. The van der Waals surface area contributed by atoms with Crippen LogP contribution in [0.1, 0.15) is 23.6 Å². The second-order valence-corrected chi connectivity index (χ2v) is 5.83. The number of hydrogen-bond donors (Lipinski definition) is 2. The normalized spacial score (nSPS) is 14.2.